The molecule has 0 aliphatic rings. The van der Waals surface area contributed by atoms with Gasteiger partial charge < -0.3 is 11.1 Å². The average Bonchev–Trinajstić information content (AvgIpc) is 2.90. The van der Waals surface area contributed by atoms with E-state index in [1.54, 1.807) is 12.1 Å². The summed E-state index contributed by atoms with van der Waals surface area (Å²) in [5.74, 6) is 0. The molecule has 0 atom stereocenters. The number of nitrogens with two attached hydrogens (primary N) is 1. The maximum Gasteiger partial charge on any atom is 0.150 e. The minimum Gasteiger partial charge on any atom is -0.398 e. The zero-order chi connectivity index (χ0) is 25.1. The molecule has 0 saturated carbocycles. The maximum atomic E-state index is 11.0. The molecule has 5 rings (SSSR count). The number of benzene rings is 5. The summed E-state index contributed by atoms with van der Waals surface area (Å²) in [6.07, 6.45) is 0.848. The first-order valence-corrected chi connectivity index (χ1v) is 12.0. The predicted molar refractivity (Wildman–Crippen MR) is 152 cm³/mol. The van der Waals surface area contributed by atoms with E-state index in [1.807, 2.05) is 18.2 Å². The molecular formula is C33H28N2O. The van der Waals surface area contributed by atoms with E-state index in [0.717, 1.165) is 51.2 Å². The number of anilines is 3. The number of carbonyl (C=O) groups excluding carboxylic acids is 1. The highest BCUT2D eigenvalue weighted by molar-refractivity contribution is 5.92. The number of hydrogen-bond donors (Lipinski definition) is 2. The van der Waals surface area contributed by atoms with Crippen LogP contribution in [-0.2, 0) is 0 Å². The van der Waals surface area contributed by atoms with Gasteiger partial charge in [-0.3, -0.25) is 4.79 Å². The molecule has 0 unspecified atom stereocenters. The highest BCUT2D eigenvalue weighted by Crippen LogP contribution is 2.39. The molecule has 0 bridgehead atoms. The van der Waals surface area contributed by atoms with Crippen LogP contribution in [0.1, 0.15) is 21.5 Å². The third kappa shape index (κ3) is 4.77. The second kappa shape index (κ2) is 9.93. The Morgan fingerprint density at radius 2 is 1.28 bits per heavy atom. The molecule has 3 nitrogen and oxygen atoms in total. The Balaban J connectivity index is 1.55. The number of nitrogens with one attached hydrogen (secondary N) is 1. The zero-order valence-corrected chi connectivity index (χ0v) is 20.5. The summed E-state index contributed by atoms with van der Waals surface area (Å²) in [7, 11) is 0. The lowest BCUT2D eigenvalue weighted by Crippen LogP contribution is -1.98. The van der Waals surface area contributed by atoms with Gasteiger partial charge in [-0.2, -0.15) is 0 Å². The molecule has 0 spiro atoms. The van der Waals surface area contributed by atoms with Gasteiger partial charge >= 0.3 is 0 Å². The highest BCUT2D eigenvalue weighted by Gasteiger charge is 2.13. The van der Waals surface area contributed by atoms with E-state index in [1.165, 1.54) is 16.7 Å². The molecule has 0 fully saturated rings. The van der Waals surface area contributed by atoms with Gasteiger partial charge in [0.15, 0.2) is 0 Å². The molecule has 5 aromatic rings. The van der Waals surface area contributed by atoms with Crippen molar-refractivity contribution in [3.8, 4) is 33.4 Å². The SMILES string of the molecule is Cc1ccc(Nc2ccc(C=O)cc2)c(-c2ccc(-c3ccc(C)cc3-c3ccccc3)cc2N)c1. The molecule has 0 amide bonds. The van der Waals surface area contributed by atoms with Crippen molar-refractivity contribution >= 4 is 23.3 Å². The first-order chi connectivity index (χ1) is 17.5. The number of aryl methyl sites for hydroxylation is 2. The lowest BCUT2D eigenvalue weighted by Gasteiger charge is -2.17. The zero-order valence-electron chi connectivity index (χ0n) is 20.5. The summed E-state index contributed by atoms with van der Waals surface area (Å²) in [5, 5.41) is 3.49. The second-order valence-electron chi connectivity index (χ2n) is 9.13. The van der Waals surface area contributed by atoms with E-state index in [2.05, 4.69) is 98.0 Å². The van der Waals surface area contributed by atoms with Gasteiger partial charge in [-0.1, -0.05) is 77.9 Å². The minimum absolute atomic E-state index is 0.649. The second-order valence-corrected chi connectivity index (χ2v) is 9.13. The van der Waals surface area contributed by atoms with Crippen LogP contribution < -0.4 is 11.1 Å². The monoisotopic (exact) mass is 468 g/mol. The Morgan fingerprint density at radius 3 is 1.97 bits per heavy atom. The third-order valence-electron chi connectivity index (χ3n) is 6.41. The van der Waals surface area contributed by atoms with Gasteiger partial charge in [-0.05, 0) is 78.6 Å². The molecule has 0 aromatic heterocycles. The molecule has 0 aliphatic heterocycles. The number of hydrogen-bond acceptors (Lipinski definition) is 3. The van der Waals surface area contributed by atoms with Crippen LogP contribution in [0.25, 0.3) is 33.4 Å². The van der Waals surface area contributed by atoms with Crippen LogP contribution in [0.15, 0.2) is 109 Å². The van der Waals surface area contributed by atoms with E-state index in [0.29, 0.717) is 5.56 Å². The summed E-state index contributed by atoms with van der Waals surface area (Å²) in [5.41, 5.74) is 18.9. The highest BCUT2D eigenvalue weighted by atomic mass is 16.1. The first-order valence-electron chi connectivity index (χ1n) is 12.0. The van der Waals surface area contributed by atoms with Gasteiger partial charge in [0.1, 0.15) is 6.29 Å². The van der Waals surface area contributed by atoms with Crippen molar-refractivity contribution < 1.29 is 4.79 Å². The maximum absolute atomic E-state index is 11.0. The van der Waals surface area contributed by atoms with Crippen molar-refractivity contribution in [1.82, 2.24) is 0 Å². The number of carbonyl (C=O) groups is 1. The number of nitrogen functional groups attached to an aromatic ring is 1. The molecule has 36 heavy (non-hydrogen) atoms. The standard InChI is InChI=1S/C33H28N2O/c1-22-8-15-28(30(18-22)25-6-4-3-5-7-25)26-12-16-29(32(34)20-26)31-19-23(2)9-17-33(31)35-27-13-10-24(21-36)11-14-27/h3-21,35H,34H2,1-2H3. The van der Waals surface area contributed by atoms with Crippen LogP contribution in [-0.4, -0.2) is 6.29 Å². The van der Waals surface area contributed by atoms with Gasteiger partial charge in [-0.15, -0.1) is 0 Å². The van der Waals surface area contributed by atoms with Crippen molar-refractivity contribution in [2.24, 2.45) is 0 Å². The normalized spacial score (nSPS) is 10.7. The molecular weight excluding hydrogens is 440 g/mol. The van der Waals surface area contributed by atoms with E-state index in [-0.39, 0.29) is 0 Å². The topological polar surface area (TPSA) is 55.1 Å². The van der Waals surface area contributed by atoms with Crippen molar-refractivity contribution in [3.05, 3.63) is 126 Å². The number of aldehydes is 1. The molecule has 3 heteroatoms. The first kappa shape index (κ1) is 23.1. The van der Waals surface area contributed by atoms with Crippen LogP contribution in [0.2, 0.25) is 0 Å². The minimum atomic E-state index is 0.649. The van der Waals surface area contributed by atoms with E-state index in [4.69, 9.17) is 5.73 Å². The van der Waals surface area contributed by atoms with Crippen molar-refractivity contribution in [2.75, 3.05) is 11.1 Å². The Hall–Kier alpha value is -4.63. The molecule has 0 radical (unpaired) electrons. The van der Waals surface area contributed by atoms with Crippen LogP contribution in [0, 0.1) is 13.8 Å². The lowest BCUT2D eigenvalue weighted by atomic mass is 9.91. The Labute approximate surface area is 212 Å². The van der Waals surface area contributed by atoms with Gasteiger partial charge in [0.2, 0.25) is 0 Å². The average molecular weight is 469 g/mol. The Morgan fingerprint density at radius 1 is 0.611 bits per heavy atom. The summed E-state index contributed by atoms with van der Waals surface area (Å²) < 4.78 is 0. The van der Waals surface area contributed by atoms with E-state index < -0.39 is 0 Å². The molecule has 3 N–H and O–H groups in total. The Bertz CT molecular complexity index is 1540. The predicted octanol–water partition coefficient (Wildman–Crippen LogP) is 8.44. The summed E-state index contributed by atoms with van der Waals surface area (Å²) in [6, 6.07) is 37.0. The molecule has 5 aromatic carbocycles. The summed E-state index contributed by atoms with van der Waals surface area (Å²) in [6.45, 7) is 4.20. The van der Waals surface area contributed by atoms with Crippen LogP contribution in [0.5, 0.6) is 0 Å². The molecule has 0 heterocycles. The fourth-order valence-corrected chi connectivity index (χ4v) is 4.53. The summed E-state index contributed by atoms with van der Waals surface area (Å²) >= 11 is 0. The van der Waals surface area contributed by atoms with Gasteiger partial charge in [-0.25, -0.2) is 0 Å². The smallest absolute Gasteiger partial charge is 0.150 e. The third-order valence-corrected chi connectivity index (χ3v) is 6.41. The van der Waals surface area contributed by atoms with Crippen LogP contribution in [0.4, 0.5) is 17.1 Å². The largest absolute Gasteiger partial charge is 0.398 e. The van der Waals surface area contributed by atoms with Crippen molar-refractivity contribution in [1.29, 1.82) is 0 Å². The van der Waals surface area contributed by atoms with Crippen molar-refractivity contribution in [2.45, 2.75) is 13.8 Å². The fourth-order valence-electron chi connectivity index (χ4n) is 4.53. The fraction of sp³-hybridized carbons (Fsp3) is 0.0606. The lowest BCUT2D eigenvalue weighted by molar-refractivity contribution is 0.112. The van der Waals surface area contributed by atoms with E-state index in [9.17, 15) is 4.79 Å². The molecule has 0 aliphatic carbocycles. The van der Waals surface area contributed by atoms with Gasteiger partial charge in [0.25, 0.3) is 0 Å². The summed E-state index contributed by atoms with van der Waals surface area (Å²) in [4.78, 5) is 11.0. The van der Waals surface area contributed by atoms with Crippen LogP contribution in [0.3, 0.4) is 0 Å². The number of rotatable bonds is 6. The quantitative estimate of drug-likeness (QED) is 0.194. The van der Waals surface area contributed by atoms with Gasteiger partial charge in [0.05, 0.1) is 0 Å². The van der Waals surface area contributed by atoms with Crippen molar-refractivity contribution in [3.63, 3.8) is 0 Å². The Kier molecular flexibility index (Phi) is 6.38. The van der Waals surface area contributed by atoms with Gasteiger partial charge in [0, 0.05) is 33.8 Å². The van der Waals surface area contributed by atoms with E-state index >= 15 is 0 Å². The molecule has 0 saturated heterocycles. The molecule has 176 valence electrons. The van der Waals surface area contributed by atoms with Crippen LogP contribution >= 0.6 is 0 Å².